The molecule has 1 aromatic heterocycles. The lowest BCUT2D eigenvalue weighted by atomic mass is 10.1. The molecule has 0 saturated heterocycles. The van der Waals surface area contributed by atoms with Crippen molar-refractivity contribution >= 4 is 15.7 Å². The van der Waals surface area contributed by atoms with Crippen LogP contribution in [0.3, 0.4) is 0 Å². The zero-order chi connectivity index (χ0) is 14.5. The molecule has 0 unspecified atom stereocenters. The Morgan fingerprint density at radius 3 is 2.45 bits per heavy atom. The van der Waals surface area contributed by atoms with Crippen molar-refractivity contribution in [1.29, 1.82) is 0 Å². The minimum absolute atomic E-state index is 0.0739. The predicted octanol–water partition coefficient (Wildman–Crippen LogP) is 0.801. The van der Waals surface area contributed by atoms with E-state index in [0.29, 0.717) is 28.4 Å². The third-order valence-electron chi connectivity index (χ3n) is 3.15. The highest BCUT2D eigenvalue weighted by Gasteiger charge is 2.24. The summed E-state index contributed by atoms with van der Waals surface area (Å²) in [6.45, 7) is 0.0739. The van der Waals surface area contributed by atoms with E-state index in [1.54, 1.807) is 13.1 Å². The fourth-order valence-electron chi connectivity index (χ4n) is 2.10. The van der Waals surface area contributed by atoms with E-state index < -0.39 is 9.84 Å². The topological polar surface area (TPSA) is 96.4 Å². The van der Waals surface area contributed by atoms with Crippen molar-refractivity contribution in [3.8, 4) is 22.6 Å². The Morgan fingerprint density at radius 1 is 1.25 bits per heavy atom. The second kappa shape index (κ2) is 4.14. The van der Waals surface area contributed by atoms with Crippen LogP contribution in [-0.4, -0.2) is 31.2 Å². The number of ether oxygens (including phenoxy) is 2. The first kappa shape index (κ1) is 12.8. The van der Waals surface area contributed by atoms with Gasteiger partial charge in [-0.1, -0.05) is 0 Å². The summed E-state index contributed by atoms with van der Waals surface area (Å²) in [4.78, 5) is 0.140. The highest BCUT2D eigenvalue weighted by molar-refractivity contribution is 7.90. The molecule has 1 aliphatic rings. The molecule has 3 rings (SSSR count). The van der Waals surface area contributed by atoms with E-state index in [4.69, 9.17) is 15.2 Å². The van der Waals surface area contributed by atoms with Crippen molar-refractivity contribution in [2.24, 2.45) is 7.05 Å². The van der Waals surface area contributed by atoms with Gasteiger partial charge in [-0.15, -0.1) is 0 Å². The fourth-order valence-corrected chi connectivity index (χ4v) is 2.98. The van der Waals surface area contributed by atoms with Crippen LogP contribution in [0.2, 0.25) is 0 Å². The number of anilines is 1. The molecule has 0 fully saturated rings. The lowest BCUT2D eigenvalue weighted by Gasteiger charge is -2.09. The summed E-state index contributed by atoms with van der Waals surface area (Å²) >= 11 is 0. The van der Waals surface area contributed by atoms with E-state index >= 15 is 0 Å². The molecule has 7 nitrogen and oxygen atoms in total. The summed E-state index contributed by atoms with van der Waals surface area (Å²) in [6.07, 6.45) is 2.67. The van der Waals surface area contributed by atoms with Gasteiger partial charge >= 0.3 is 0 Å². The molecule has 0 saturated carbocycles. The maximum atomic E-state index is 12.0. The SMILES string of the molecule is Cn1ncc(-c2cc3c(cc2S(C)(=O)=O)OCO3)c1N. The van der Waals surface area contributed by atoms with Gasteiger partial charge in [0.05, 0.1) is 11.1 Å². The number of sulfone groups is 1. The minimum atomic E-state index is -3.44. The van der Waals surface area contributed by atoms with Crippen LogP contribution >= 0.6 is 0 Å². The zero-order valence-electron chi connectivity index (χ0n) is 11.0. The Morgan fingerprint density at radius 2 is 1.90 bits per heavy atom. The van der Waals surface area contributed by atoms with Crippen molar-refractivity contribution in [3.05, 3.63) is 18.3 Å². The van der Waals surface area contributed by atoms with E-state index in [-0.39, 0.29) is 11.7 Å². The minimum Gasteiger partial charge on any atom is -0.454 e. The summed E-state index contributed by atoms with van der Waals surface area (Å²) in [5.41, 5.74) is 6.93. The molecule has 0 bridgehead atoms. The van der Waals surface area contributed by atoms with Gasteiger partial charge in [0.25, 0.3) is 0 Å². The van der Waals surface area contributed by atoms with E-state index in [1.807, 2.05) is 0 Å². The van der Waals surface area contributed by atoms with Crippen molar-refractivity contribution < 1.29 is 17.9 Å². The Hall–Kier alpha value is -2.22. The Bertz CT molecular complexity index is 795. The van der Waals surface area contributed by atoms with Gasteiger partial charge in [0.2, 0.25) is 6.79 Å². The van der Waals surface area contributed by atoms with E-state index in [1.165, 1.54) is 16.9 Å². The molecule has 0 amide bonds. The largest absolute Gasteiger partial charge is 0.454 e. The quantitative estimate of drug-likeness (QED) is 0.880. The Balaban J connectivity index is 2.32. The van der Waals surface area contributed by atoms with Gasteiger partial charge in [0.15, 0.2) is 21.3 Å². The fraction of sp³-hybridized carbons (Fsp3) is 0.250. The van der Waals surface area contributed by atoms with Gasteiger partial charge in [-0.2, -0.15) is 5.10 Å². The number of nitrogens with two attached hydrogens (primary N) is 1. The normalized spacial score (nSPS) is 13.7. The summed E-state index contributed by atoms with van der Waals surface area (Å²) < 4.78 is 36.0. The Kier molecular flexibility index (Phi) is 2.65. The van der Waals surface area contributed by atoms with E-state index in [2.05, 4.69) is 5.10 Å². The van der Waals surface area contributed by atoms with Crippen molar-refractivity contribution in [2.45, 2.75) is 4.90 Å². The lowest BCUT2D eigenvalue weighted by Crippen LogP contribution is -2.02. The second-order valence-corrected chi connectivity index (χ2v) is 6.53. The zero-order valence-corrected chi connectivity index (χ0v) is 11.8. The highest BCUT2D eigenvalue weighted by atomic mass is 32.2. The van der Waals surface area contributed by atoms with Crippen LogP contribution in [0.25, 0.3) is 11.1 Å². The third kappa shape index (κ3) is 1.88. The molecule has 2 N–H and O–H groups in total. The number of rotatable bonds is 2. The van der Waals surface area contributed by atoms with Crippen LogP contribution < -0.4 is 15.2 Å². The number of nitrogen functional groups attached to an aromatic ring is 1. The molecule has 20 heavy (non-hydrogen) atoms. The Labute approximate surface area is 115 Å². The first-order valence-electron chi connectivity index (χ1n) is 5.79. The molecular formula is C12H13N3O4S. The number of benzene rings is 1. The molecule has 2 aromatic rings. The average molecular weight is 295 g/mol. The number of nitrogens with zero attached hydrogens (tertiary/aromatic N) is 2. The molecule has 8 heteroatoms. The van der Waals surface area contributed by atoms with Gasteiger partial charge < -0.3 is 15.2 Å². The van der Waals surface area contributed by atoms with Gasteiger partial charge in [0.1, 0.15) is 5.82 Å². The first-order chi connectivity index (χ1) is 9.38. The van der Waals surface area contributed by atoms with Gasteiger partial charge in [-0.3, -0.25) is 4.68 Å². The van der Waals surface area contributed by atoms with Crippen LogP contribution in [0, 0.1) is 0 Å². The standard InChI is InChI=1S/C12H13N3O4S/c1-15-12(13)8(5-14-15)7-3-9-10(19-6-18-9)4-11(7)20(2,16)17/h3-5H,6,13H2,1-2H3. The average Bonchev–Trinajstić information content (AvgIpc) is 2.94. The highest BCUT2D eigenvalue weighted by Crippen LogP contribution is 2.41. The summed E-state index contributed by atoms with van der Waals surface area (Å²) in [5, 5.41) is 4.03. The molecule has 0 spiro atoms. The lowest BCUT2D eigenvalue weighted by molar-refractivity contribution is 0.174. The smallest absolute Gasteiger partial charge is 0.231 e. The number of hydrogen-bond donors (Lipinski definition) is 1. The van der Waals surface area contributed by atoms with Crippen LogP contribution in [0.4, 0.5) is 5.82 Å². The predicted molar refractivity (Wildman–Crippen MR) is 72.3 cm³/mol. The number of hydrogen-bond acceptors (Lipinski definition) is 6. The monoisotopic (exact) mass is 295 g/mol. The molecular weight excluding hydrogens is 282 g/mol. The maximum Gasteiger partial charge on any atom is 0.231 e. The van der Waals surface area contributed by atoms with Gasteiger partial charge in [0, 0.05) is 30.5 Å². The molecule has 106 valence electrons. The molecule has 2 heterocycles. The van der Waals surface area contributed by atoms with Gasteiger partial charge in [-0.05, 0) is 6.07 Å². The third-order valence-corrected chi connectivity index (χ3v) is 4.29. The van der Waals surface area contributed by atoms with Crippen molar-refractivity contribution in [3.63, 3.8) is 0 Å². The van der Waals surface area contributed by atoms with Crippen molar-refractivity contribution in [2.75, 3.05) is 18.8 Å². The van der Waals surface area contributed by atoms with E-state index in [9.17, 15) is 8.42 Å². The molecule has 1 aliphatic heterocycles. The number of fused-ring (bicyclic) bond motifs is 1. The number of aryl methyl sites for hydroxylation is 1. The number of aromatic nitrogens is 2. The summed E-state index contributed by atoms with van der Waals surface area (Å²) in [6, 6.07) is 3.07. The van der Waals surface area contributed by atoms with Crippen LogP contribution in [0.1, 0.15) is 0 Å². The van der Waals surface area contributed by atoms with Crippen LogP contribution in [0.5, 0.6) is 11.5 Å². The molecule has 0 atom stereocenters. The molecule has 0 aliphatic carbocycles. The molecule has 1 aromatic carbocycles. The summed E-state index contributed by atoms with van der Waals surface area (Å²) in [5.74, 6) is 1.29. The maximum absolute atomic E-state index is 12.0. The van der Waals surface area contributed by atoms with Crippen molar-refractivity contribution in [1.82, 2.24) is 9.78 Å². The van der Waals surface area contributed by atoms with Crippen LogP contribution in [-0.2, 0) is 16.9 Å². The second-order valence-electron chi connectivity index (χ2n) is 4.54. The van der Waals surface area contributed by atoms with E-state index in [0.717, 1.165) is 6.26 Å². The van der Waals surface area contributed by atoms with Crippen LogP contribution in [0.15, 0.2) is 23.2 Å². The summed E-state index contributed by atoms with van der Waals surface area (Å²) in [7, 11) is -1.75. The molecule has 0 radical (unpaired) electrons. The first-order valence-corrected chi connectivity index (χ1v) is 7.68. The van der Waals surface area contributed by atoms with Gasteiger partial charge in [-0.25, -0.2) is 8.42 Å².